The first kappa shape index (κ1) is 12.4. The largest absolute Gasteiger partial charge is 0.481 e. The molecule has 2 fully saturated rings. The molecule has 0 radical (unpaired) electrons. The van der Waals surface area contributed by atoms with Crippen molar-refractivity contribution in [2.75, 3.05) is 6.54 Å². The van der Waals surface area contributed by atoms with Crippen LogP contribution in [0.4, 0.5) is 0 Å². The van der Waals surface area contributed by atoms with Crippen LogP contribution in [0.3, 0.4) is 0 Å². The number of carbonyl (C=O) groups excluding carboxylic acids is 1. The number of nitrogens with one attached hydrogen (secondary N) is 1. The number of carbonyl (C=O) groups is 2. The van der Waals surface area contributed by atoms with Crippen LogP contribution in [0.15, 0.2) is 0 Å². The first-order valence-electron chi connectivity index (χ1n) is 6.58. The Hall–Kier alpha value is -1.06. The van der Waals surface area contributed by atoms with E-state index in [0.717, 1.165) is 18.9 Å². The molecule has 2 saturated carbocycles. The first-order valence-corrected chi connectivity index (χ1v) is 6.58. The van der Waals surface area contributed by atoms with Crippen molar-refractivity contribution in [1.82, 2.24) is 5.32 Å². The van der Waals surface area contributed by atoms with Gasteiger partial charge in [0.2, 0.25) is 5.91 Å². The molecule has 0 bridgehead atoms. The molecular weight excluding hydrogens is 218 g/mol. The van der Waals surface area contributed by atoms with Crippen molar-refractivity contribution in [3.63, 3.8) is 0 Å². The van der Waals surface area contributed by atoms with E-state index in [2.05, 4.69) is 12.2 Å². The molecule has 0 aromatic carbocycles. The number of aliphatic carboxylic acids is 1. The van der Waals surface area contributed by atoms with Crippen LogP contribution in [0.2, 0.25) is 0 Å². The fourth-order valence-corrected chi connectivity index (χ4v) is 2.68. The zero-order valence-corrected chi connectivity index (χ0v) is 10.3. The van der Waals surface area contributed by atoms with Crippen LogP contribution in [-0.4, -0.2) is 23.5 Å². The molecule has 0 spiro atoms. The molecule has 2 N–H and O–H groups in total. The number of hydrogen-bond donors (Lipinski definition) is 2. The van der Waals surface area contributed by atoms with Crippen LogP contribution in [0.1, 0.15) is 39.0 Å². The highest BCUT2D eigenvalue weighted by molar-refractivity contribution is 5.80. The molecule has 1 amide bonds. The van der Waals surface area contributed by atoms with Gasteiger partial charge < -0.3 is 10.4 Å². The topological polar surface area (TPSA) is 66.4 Å². The van der Waals surface area contributed by atoms with Gasteiger partial charge in [-0.1, -0.05) is 6.92 Å². The molecule has 17 heavy (non-hydrogen) atoms. The average Bonchev–Trinajstić information content (AvgIpc) is 3.02. The van der Waals surface area contributed by atoms with E-state index in [9.17, 15) is 9.59 Å². The quantitative estimate of drug-likeness (QED) is 0.766. The lowest BCUT2D eigenvalue weighted by Crippen LogP contribution is -2.33. The number of rotatable bonds is 5. The standard InChI is InChI=1S/C13H21NO3/c1-8(9-2-3-9)7-14-12(15)10-4-5-11(6-10)13(16)17/h8-11H,2-7H2,1H3,(H,14,15)(H,16,17)/t8?,10-,11+/m1/s1. The molecule has 3 atom stereocenters. The Bertz CT molecular complexity index is 312. The Labute approximate surface area is 102 Å². The summed E-state index contributed by atoms with van der Waals surface area (Å²) in [6.07, 6.45) is 4.47. The van der Waals surface area contributed by atoms with E-state index in [1.54, 1.807) is 0 Å². The predicted octanol–water partition coefficient (Wildman–Crippen LogP) is 1.65. The van der Waals surface area contributed by atoms with Gasteiger partial charge in [-0.2, -0.15) is 0 Å². The minimum absolute atomic E-state index is 0.0567. The van der Waals surface area contributed by atoms with E-state index in [4.69, 9.17) is 5.11 Å². The molecular formula is C13H21NO3. The molecule has 2 aliphatic carbocycles. The van der Waals surface area contributed by atoms with Crippen molar-refractivity contribution >= 4 is 11.9 Å². The first-order chi connectivity index (χ1) is 8.08. The van der Waals surface area contributed by atoms with Crippen molar-refractivity contribution in [3.05, 3.63) is 0 Å². The molecule has 96 valence electrons. The van der Waals surface area contributed by atoms with Crippen LogP contribution < -0.4 is 5.32 Å². The third-order valence-corrected chi connectivity index (χ3v) is 4.18. The van der Waals surface area contributed by atoms with Gasteiger partial charge in [-0.3, -0.25) is 9.59 Å². The fraction of sp³-hybridized carbons (Fsp3) is 0.846. The van der Waals surface area contributed by atoms with Gasteiger partial charge in [0.05, 0.1) is 5.92 Å². The molecule has 0 aromatic heterocycles. The van der Waals surface area contributed by atoms with E-state index in [-0.39, 0.29) is 17.7 Å². The lowest BCUT2D eigenvalue weighted by molar-refractivity contribution is -0.141. The minimum atomic E-state index is -0.758. The summed E-state index contributed by atoms with van der Waals surface area (Å²) in [7, 11) is 0. The minimum Gasteiger partial charge on any atom is -0.481 e. The predicted molar refractivity (Wildman–Crippen MR) is 63.4 cm³/mol. The molecule has 2 rings (SSSR count). The maximum atomic E-state index is 11.9. The van der Waals surface area contributed by atoms with Crippen LogP contribution in [-0.2, 0) is 9.59 Å². The lowest BCUT2D eigenvalue weighted by atomic mass is 10.0. The Morgan fingerprint density at radius 2 is 1.88 bits per heavy atom. The zero-order chi connectivity index (χ0) is 12.4. The second-order valence-corrected chi connectivity index (χ2v) is 5.61. The Balaban J connectivity index is 1.71. The molecule has 0 saturated heterocycles. The zero-order valence-electron chi connectivity index (χ0n) is 10.3. The summed E-state index contributed by atoms with van der Waals surface area (Å²) in [5.74, 6) is 0.267. The van der Waals surface area contributed by atoms with Gasteiger partial charge in [0, 0.05) is 12.5 Å². The molecule has 4 nitrogen and oxygen atoms in total. The van der Waals surface area contributed by atoms with Crippen molar-refractivity contribution in [1.29, 1.82) is 0 Å². The van der Waals surface area contributed by atoms with Crippen LogP contribution in [0.5, 0.6) is 0 Å². The lowest BCUT2D eigenvalue weighted by Gasteiger charge is -2.14. The third-order valence-electron chi connectivity index (χ3n) is 4.18. The molecule has 4 heteroatoms. The summed E-state index contributed by atoms with van der Waals surface area (Å²) in [5, 5.41) is 11.9. The van der Waals surface area contributed by atoms with Gasteiger partial charge in [-0.25, -0.2) is 0 Å². The van der Waals surface area contributed by atoms with Crippen molar-refractivity contribution < 1.29 is 14.7 Å². The van der Waals surface area contributed by atoms with Crippen LogP contribution in [0, 0.1) is 23.7 Å². The Morgan fingerprint density at radius 3 is 2.41 bits per heavy atom. The number of amides is 1. The SMILES string of the molecule is CC(CNC(=O)[C@@H]1CC[C@H](C(=O)O)C1)C1CC1. The van der Waals surface area contributed by atoms with Crippen molar-refractivity contribution in [3.8, 4) is 0 Å². The smallest absolute Gasteiger partial charge is 0.306 e. The summed E-state index contributed by atoms with van der Waals surface area (Å²) in [6.45, 7) is 2.92. The summed E-state index contributed by atoms with van der Waals surface area (Å²) < 4.78 is 0. The van der Waals surface area contributed by atoms with Crippen LogP contribution >= 0.6 is 0 Å². The maximum Gasteiger partial charge on any atom is 0.306 e. The molecule has 0 aliphatic heterocycles. The van der Waals surface area contributed by atoms with Crippen molar-refractivity contribution in [2.24, 2.45) is 23.7 Å². The normalized spacial score (nSPS) is 29.9. The maximum absolute atomic E-state index is 11.9. The van der Waals surface area contributed by atoms with E-state index < -0.39 is 5.97 Å². The molecule has 2 aliphatic rings. The van der Waals surface area contributed by atoms with Crippen LogP contribution in [0.25, 0.3) is 0 Å². The molecule has 1 unspecified atom stereocenters. The van der Waals surface area contributed by atoms with Crippen molar-refractivity contribution in [2.45, 2.75) is 39.0 Å². The number of carboxylic acids is 1. The highest BCUT2D eigenvalue weighted by Gasteiger charge is 2.34. The van der Waals surface area contributed by atoms with E-state index in [1.807, 2.05) is 0 Å². The summed E-state index contributed by atoms with van der Waals surface area (Å²) in [5.41, 5.74) is 0. The monoisotopic (exact) mass is 239 g/mol. The van der Waals surface area contributed by atoms with E-state index in [0.29, 0.717) is 18.8 Å². The van der Waals surface area contributed by atoms with E-state index in [1.165, 1.54) is 12.8 Å². The second kappa shape index (κ2) is 5.07. The summed E-state index contributed by atoms with van der Waals surface area (Å²) in [6, 6.07) is 0. The van der Waals surface area contributed by atoms with Gasteiger partial charge in [-0.15, -0.1) is 0 Å². The number of hydrogen-bond acceptors (Lipinski definition) is 2. The molecule has 0 aromatic rings. The second-order valence-electron chi connectivity index (χ2n) is 5.61. The van der Waals surface area contributed by atoms with E-state index >= 15 is 0 Å². The van der Waals surface area contributed by atoms with Gasteiger partial charge in [0.15, 0.2) is 0 Å². The highest BCUT2D eigenvalue weighted by atomic mass is 16.4. The Kier molecular flexibility index (Phi) is 3.69. The average molecular weight is 239 g/mol. The summed E-state index contributed by atoms with van der Waals surface area (Å²) >= 11 is 0. The molecule has 0 heterocycles. The fourth-order valence-electron chi connectivity index (χ4n) is 2.68. The Morgan fingerprint density at radius 1 is 1.24 bits per heavy atom. The third kappa shape index (κ3) is 3.20. The summed E-state index contributed by atoms with van der Waals surface area (Å²) in [4.78, 5) is 22.7. The highest BCUT2D eigenvalue weighted by Crippen LogP contribution is 2.36. The number of carboxylic acid groups (broad SMARTS) is 1. The van der Waals surface area contributed by atoms with Gasteiger partial charge in [0.25, 0.3) is 0 Å². The van der Waals surface area contributed by atoms with Gasteiger partial charge >= 0.3 is 5.97 Å². The van der Waals surface area contributed by atoms with Gasteiger partial charge in [0.1, 0.15) is 0 Å². The van der Waals surface area contributed by atoms with Gasteiger partial charge in [-0.05, 0) is 43.9 Å².